The monoisotopic (exact) mass is 479 g/mol. The van der Waals surface area contributed by atoms with Crippen LogP contribution in [0.1, 0.15) is 62.6 Å². The number of hydrogen-bond acceptors (Lipinski definition) is 4. The smallest absolute Gasteiger partial charge is 0.220 e. The van der Waals surface area contributed by atoms with E-state index in [0.717, 1.165) is 54.5 Å². The van der Waals surface area contributed by atoms with E-state index >= 15 is 0 Å². The van der Waals surface area contributed by atoms with Crippen LogP contribution in [-0.2, 0) is 16.1 Å². The molecule has 2 heterocycles. The number of hydrogen-bond donors (Lipinski definition) is 1. The van der Waals surface area contributed by atoms with E-state index in [-0.39, 0.29) is 12.0 Å². The summed E-state index contributed by atoms with van der Waals surface area (Å²) in [7, 11) is 0. The summed E-state index contributed by atoms with van der Waals surface area (Å²) in [5, 5.41) is 8.28. The first kappa shape index (κ1) is 23.3. The molecule has 2 aromatic rings. The first-order valence-electron chi connectivity index (χ1n) is 12.8. The average Bonchev–Trinajstić information content (AvgIpc) is 3.53. The molecule has 0 radical (unpaired) electrons. The highest BCUT2D eigenvalue weighted by Gasteiger charge is 2.41. The Labute approximate surface area is 207 Å². The number of rotatable bonds is 9. The number of aromatic nitrogens is 1. The molecule has 3 aliphatic rings. The number of oxime groups is 1. The van der Waals surface area contributed by atoms with Gasteiger partial charge >= 0.3 is 0 Å². The molecule has 0 spiro atoms. The van der Waals surface area contributed by atoms with Crippen molar-refractivity contribution in [1.82, 2.24) is 10.3 Å². The molecule has 1 aliphatic heterocycles. The highest BCUT2D eigenvalue weighted by Crippen LogP contribution is 2.46. The lowest BCUT2D eigenvalue weighted by molar-refractivity contribution is -0.123. The van der Waals surface area contributed by atoms with E-state index in [1.807, 2.05) is 42.5 Å². The molecule has 2 fully saturated rings. The third kappa shape index (κ3) is 5.99. The Bertz CT molecular complexity index is 1010. The molecule has 0 bridgehead atoms. The van der Waals surface area contributed by atoms with Gasteiger partial charge in [-0.2, -0.15) is 0 Å². The van der Waals surface area contributed by atoms with Crippen LogP contribution in [0.2, 0.25) is 5.02 Å². The number of halogens is 1. The topological polar surface area (TPSA) is 63.6 Å². The van der Waals surface area contributed by atoms with E-state index < -0.39 is 0 Å². The molecule has 4 atom stereocenters. The minimum atomic E-state index is 0.0274. The Morgan fingerprint density at radius 3 is 2.68 bits per heavy atom. The lowest BCUT2D eigenvalue weighted by Gasteiger charge is -2.38. The number of pyridine rings is 1. The van der Waals surface area contributed by atoms with Crippen LogP contribution in [0.3, 0.4) is 0 Å². The van der Waals surface area contributed by atoms with E-state index in [9.17, 15) is 4.79 Å². The second kappa shape index (κ2) is 10.9. The molecule has 34 heavy (non-hydrogen) atoms. The standard InChI is InChI=1S/C28H34ClN3O2/c29-25-7-2-1-6-23(25)26-18-27(34-32-26)24-16-20(15-19-8-9-19)10-11-21(24)17-28(33)31-14-12-22-5-3-4-13-30-22/h1-7,13,19-21,24,27H,8-12,14-18H2,(H,31,33)/t20-,21+,24+,27-/m1/s1. The molecular formula is C28H34ClN3O2. The zero-order valence-corrected chi connectivity index (χ0v) is 20.4. The summed E-state index contributed by atoms with van der Waals surface area (Å²) in [6.07, 6.45) is 11.5. The minimum Gasteiger partial charge on any atom is -0.392 e. The lowest BCUT2D eigenvalue weighted by Crippen LogP contribution is -2.38. The summed E-state index contributed by atoms with van der Waals surface area (Å²) in [6.45, 7) is 0.622. The summed E-state index contributed by atoms with van der Waals surface area (Å²) >= 11 is 6.42. The van der Waals surface area contributed by atoms with E-state index in [2.05, 4.69) is 15.5 Å². The molecule has 1 aromatic heterocycles. The largest absolute Gasteiger partial charge is 0.392 e. The molecule has 180 valence electrons. The third-order valence-electron chi connectivity index (χ3n) is 7.75. The van der Waals surface area contributed by atoms with E-state index in [1.54, 1.807) is 6.20 Å². The second-order valence-electron chi connectivity index (χ2n) is 10.3. The Hall–Kier alpha value is -2.40. The Kier molecular flexibility index (Phi) is 7.48. The molecular weight excluding hydrogens is 446 g/mol. The Morgan fingerprint density at radius 1 is 1.06 bits per heavy atom. The van der Waals surface area contributed by atoms with Gasteiger partial charge in [-0.25, -0.2) is 0 Å². The first-order valence-corrected chi connectivity index (χ1v) is 13.2. The maximum Gasteiger partial charge on any atom is 0.220 e. The molecule has 2 saturated carbocycles. The van der Waals surface area contributed by atoms with E-state index in [1.165, 1.54) is 25.7 Å². The van der Waals surface area contributed by atoms with Crippen LogP contribution < -0.4 is 5.32 Å². The highest BCUT2D eigenvalue weighted by atomic mass is 35.5. The third-order valence-corrected chi connectivity index (χ3v) is 8.08. The molecule has 6 heteroatoms. The van der Waals surface area contributed by atoms with Crippen molar-refractivity contribution >= 4 is 23.2 Å². The van der Waals surface area contributed by atoms with Gasteiger partial charge in [0, 0.05) is 54.2 Å². The van der Waals surface area contributed by atoms with Crippen LogP contribution in [0.4, 0.5) is 0 Å². The molecule has 1 N–H and O–H groups in total. The van der Waals surface area contributed by atoms with Crippen LogP contribution in [0.15, 0.2) is 53.8 Å². The summed E-state index contributed by atoms with van der Waals surface area (Å²) < 4.78 is 0. The van der Waals surface area contributed by atoms with Crippen molar-refractivity contribution in [3.63, 3.8) is 0 Å². The first-order chi connectivity index (χ1) is 16.7. The number of nitrogens with one attached hydrogen (secondary N) is 1. The van der Waals surface area contributed by atoms with E-state index in [4.69, 9.17) is 16.4 Å². The van der Waals surface area contributed by atoms with Crippen molar-refractivity contribution in [3.8, 4) is 0 Å². The number of nitrogens with zero attached hydrogens (tertiary/aromatic N) is 2. The van der Waals surface area contributed by atoms with Gasteiger partial charge in [0.25, 0.3) is 0 Å². The summed E-state index contributed by atoms with van der Waals surface area (Å²) in [5.41, 5.74) is 2.89. The van der Waals surface area contributed by atoms with Crippen molar-refractivity contribution < 1.29 is 9.63 Å². The fourth-order valence-electron chi connectivity index (χ4n) is 5.77. The van der Waals surface area contributed by atoms with Gasteiger partial charge < -0.3 is 10.2 Å². The summed E-state index contributed by atoms with van der Waals surface area (Å²) in [5.74, 6) is 2.49. The predicted octanol–water partition coefficient (Wildman–Crippen LogP) is 5.81. The van der Waals surface area contributed by atoms with Crippen LogP contribution in [0.5, 0.6) is 0 Å². The van der Waals surface area contributed by atoms with Crippen molar-refractivity contribution in [2.24, 2.45) is 28.8 Å². The molecule has 5 rings (SSSR count). The Morgan fingerprint density at radius 2 is 1.88 bits per heavy atom. The fraction of sp³-hybridized carbons (Fsp3) is 0.536. The van der Waals surface area contributed by atoms with Gasteiger partial charge in [-0.3, -0.25) is 9.78 Å². The van der Waals surface area contributed by atoms with Crippen molar-refractivity contribution in [2.45, 2.75) is 63.9 Å². The maximum absolute atomic E-state index is 12.8. The zero-order chi connectivity index (χ0) is 23.3. The fourth-order valence-corrected chi connectivity index (χ4v) is 6.02. The molecule has 5 nitrogen and oxygen atoms in total. The van der Waals surface area contributed by atoms with Gasteiger partial charge in [-0.1, -0.05) is 60.3 Å². The van der Waals surface area contributed by atoms with Crippen LogP contribution in [0.25, 0.3) is 0 Å². The second-order valence-corrected chi connectivity index (χ2v) is 10.7. The van der Waals surface area contributed by atoms with Gasteiger partial charge in [0.05, 0.1) is 5.71 Å². The molecule has 1 amide bonds. The SMILES string of the molecule is O=C(C[C@@H]1CC[C@H](CC2CC2)C[C@@H]1[C@H]1CC(c2ccccc2Cl)=NO1)NCCc1ccccn1. The summed E-state index contributed by atoms with van der Waals surface area (Å²) in [6, 6.07) is 13.7. The van der Waals surface area contributed by atoms with Crippen molar-refractivity contribution in [3.05, 3.63) is 64.9 Å². The van der Waals surface area contributed by atoms with Crippen LogP contribution in [-0.4, -0.2) is 29.3 Å². The molecule has 0 unspecified atom stereocenters. The predicted molar refractivity (Wildman–Crippen MR) is 135 cm³/mol. The number of carbonyl (C=O) groups excluding carboxylic acids is 1. The number of carbonyl (C=O) groups is 1. The average molecular weight is 480 g/mol. The molecule has 1 aromatic carbocycles. The van der Waals surface area contributed by atoms with Gasteiger partial charge in [0.15, 0.2) is 0 Å². The normalized spacial score (nSPS) is 26.6. The van der Waals surface area contributed by atoms with Crippen LogP contribution in [0, 0.1) is 23.7 Å². The molecule has 2 aliphatic carbocycles. The van der Waals surface area contributed by atoms with Gasteiger partial charge in [-0.15, -0.1) is 0 Å². The number of amides is 1. The minimum absolute atomic E-state index is 0.0274. The number of benzene rings is 1. The van der Waals surface area contributed by atoms with Crippen LogP contribution >= 0.6 is 11.6 Å². The van der Waals surface area contributed by atoms with E-state index in [0.29, 0.717) is 29.8 Å². The van der Waals surface area contributed by atoms with Crippen molar-refractivity contribution in [1.29, 1.82) is 0 Å². The summed E-state index contributed by atoms with van der Waals surface area (Å²) in [4.78, 5) is 23.2. The van der Waals surface area contributed by atoms with Gasteiger partial charge in [0.2, 0.25) is 5.91 Å². The highest BCUT2D eigenvalue weighted by molar-refractivity contribution is 6.34. The van der Waals surface area contributed by atoms with Gasteiger partial charge in [-0.05, 0) is 55.2 Å². The Balaban J connectivity index is 1.20. The zero-order valence-electron chi connectivity index (χ0n) is 19.7. The maximum atomic E-state index is 12.8. The van der Waals surface area contributed by atoms with Gasteiger partial charge in [0.1, 0.15) is 6.10 Å². The van der Waals surface area contributed by atoms with Crippen molar-refractivity contribution in [2.75, 3.05) is 6.54 Å². The quantitative estimate of drug-likeness (QED) is 0.493. The molecule has 0 saturated heterocycles. The lowest BCUT2D eigenvalue weighted by atomic mass is 9.68.